The minimum atomic E-state index is -1.16. The number of fused-ring (bicyclic) bond motifs is 1. The van der Waals surface area contributed by atoms with Crippen LogP contribution in [-0.2, 0) is 16.1 Å². The number of aromatic nitrogens is 2. The van der Waals surface area contributed by atoms with Crippen LogP contribution in [0.4, 0.5) is 0 Å². The molecule has 1 aromatic carbocycles. The van der Waals surface area contributed by atoms with E-state index in [1.165, 1.54) is 0 Å². The number of para-hydroxylation sites is 1. The second-order valence-electron chi connectivity index (χ2n) is 5.64. The maximum absolute atomic E-state index is 12.3. The van der Waals surface area contributed by atoms with Crippen LogP contribution in [0.3, 0.4) is 0 Å². The van der Waals surface area contributed by atoms with Crippen molar-refractivity contribution in [3.8, 4) is 0 Å². The number of amides is 1. The van der Waals surface area contributed by atoms with Crippen LogP contribution < -0.4 is 16.6 Å². The smallest absolute Gasteiger partial charge is 0.329 e. The Morgan fingerprint density at radius 3 is 2.58 bits per heavy atom. The van der Waals surface area contributed by atoms with E-state index >= 15 is 0 Å². The molecular weight excluding hydrogens is 314 g/mol. The first kappa shape index (κ1) is 17.5. The number of carboxylic acid groups (broad SMARTS) is 1. The van der Waals surface area contributed by atoms with Gasteiger partial charge in [0.05, 0.1) is 10.9 Å². The van der Waals surface area contributed by atoms with Gasteiger partial charge in [-0.2, -0.15) is 0 Å². The molecule has 3 N–H and O–H groups in total. The van der Waals surface area contributed by atoms with Crippen LogP contribution in [0.15, 0.2) is 33.9 Å². The van der Waals surface area contributed by atoms with Crippen molar-refractivity contribution in [3.05, 3.63) is 45.1 Å². The molecular formula is C16H19N3O5. The van der Waals surface area contributed by atoms with Crippen molar-refractivity contribution in [1.82, 2.24) is 14.9 Å². The Labute approximate surface area is 137 Å². The Balaban J connectivity index is 2.29. The Kier molecular flexibility index (Phi) is 5.18. The third kappa shape index (κ3) is 3.53. The number of H-pyrrole nitrogens is 1. The SMILES string of the molecule is CCC(C)C(NC(=O)Cn1c(=O)[nH]c2ccccc2c1=O)C(=O)O. The van der Waals surface area contributed by atoms with Crippen molar-refractivity contribution in [3.63, 3.8) is 0 Å². The summed E-state index contributed by atoms with van der Waals surface area (Å²) in [5, 5.41) is 11.8. The fourth-order valence-corrected chi connectivity index (χ4v) is 2.39. The normalized spacial score (nSPS) is 13.4. The van der Waals surface area contributed by atoms with E-state index in [1.54, 1.807) is 31.2 Å². The topological polar surface area (TPSA) is 121 Å². The second kappa shape index (κ2) is 7.12. The van der Waals surface area contributed by atoms with Gasteiger partial charge in [-0.15, -0.1) is 0 Å². The molecule has 8 nitrogen and oxygen atoms in total. The van der Waals surface area contributed by atoms with Gasteiger partial charge in [-0.05, 0) is 18.1 Å². The molecule has 24 heavy (non-hydrogen) atoms. The minimum absolute atomic E-state index is 0.279. The zero-order valence-corrected chi connectivity index (χ0v) is 13.4. The quantitative estimate of drug-likeness (QED) is 0.702. The highest BCUT2D eigenvalue weighted by atomic mass is 16.4. The number of rotatable bonds is 6. The summed E-state index contributed by atoms with van der Waals surface area (Å²) in [6.45, 7) is 2.97. The van der Waals surface area contributed by atoms with Gasteiger partial charge in [0, 0.05) is 0 Å². The fourth-order valence-electron chi connectivity index (χ4n) is 2.39. The number of aliphatic carboxylic acids is 1. The highest BCUT2D eigenvalue weighted by Crippen LogP contribution is 2.08. The van der Waals surface area contributed by atoms with Crippen molar-refractivity contribution < 1.29 is 14.7 Å². The first-order valence-corrected chi connectivity index (χ1v) is 7.59. The Hall–Kier alpha value is -2.90. The maximum Gasteiger partial charge on any atom is 0.329 e. The van der Waals surface area contributed by atoms with E-state index in [1.807, 2.05) is 6.92 Å². The van der Waals surface area contributed by atoms with Crippen LogP contribution in [0.5, 0.6) is 0 Å². The lowest BCUT2D eigenvalue weighted by atomic mass is 9.99. The van der Waals surface area contributed by atoms with Gasteiger partial charge in [-0.1, -0.05) is 32.4 Å². The van der Waals surface area contributed by atoms with Gasteiger partial charge in [-0.3, -0.25) is 14.2 Å². The number of hydrogen-bond acceptors (Lipinski definition) is 4. The molecule has 0 saturated carbocycles. The number of carbonyl (C=O) groups is 2. The molecule has 0 saturated heterocycles. The number of carboxylic acids is 1. The predicted octanol–water partition coefficient (Wildman–Crippen LogP) is 0.305. The van der Waals surface area contributed by atoms with E-state index in [4.69, 9.17) is 0 Å². The highest BCUT2D eigenvalue weighted by molar-refractivity contribution is 5.84. The molecule has 0 fully saturated rings. The first-order chi connectivity index (χ1) is 11.3. The Morgan fingerprint density at radius 1 is 1.29 bits per heavy atom. The van der Waals surface area contributed by atoms with E-state index in [0.717, 1.165) is 4.57 Å². The average molecular weight is 333 g/mol. The van der Waals surface area contributed by atoms with Gasteiger partial charge < -0.3 is 15.4 Å². The monoisotopic (exact) mass is 333 g/mol. The lowest BCUT2D eigenvalue weighted by Crippen LogP contribution is -2.48. The molecule has 0 aliphatic heterocycles. The van der Waals surface area contributed by atoms with Crippen LogP contribution in [0.1, 0.15) is 20.3 Å². The molecule has 2 rings (SSSR count). The third-order valence-electron chi connectivity index (χ3n) is 3.99. The number of carbonyl (C=O) groups excluding carboxylic acids is 1. The standard InChI is InChI=1S/C16H19N3O5/c1-3-9(2)13(15(22)23)18-12(20)8-19-14(21)10-6-4-5-7-11(10)17-16(19)24/h4-7,9,13H,3,8H2,1-2H3,(H,17,24)(H,18,20)(H,22,23). The fraction of sp³-hybridized carbons (Fsp3) is 0.375. The zero-order valence-electron chi connectivity index (χ0n) is 13.4. The molecule has 0 aliphatic rings. The molecule has 0 aliphatic carbocycles. The van der Waals surface area contributed by atoms with E-state index < -0.39 is 35.7 Å². The van der Waals surface area contributed by atoms with Crippen molar-refractivity contribution in [2.75, 3.05) is 0 Å². The number of aromatic amines is 1. The van der Waals surface area contributed by atoms with Crippen LogP contribution in [0.2, 0.25) is 0 Å². The minimum Gasteiger partial charge on any atom is -0.480 e. The molecule has 8 heteroatoms. The van der Waals surface area contributed by atoms with Gasteiger partial charge in [0.25, 0.3) is 5.56 Å². The van der Waals surface area contributed by atoms with Crippen molar-refractivity contribution in [2.24, 2.45) is 5.92 Å². The van der Waals surface area contributed by atoms with Crippen molar-refractivity contribution in [2.45, 2.75) is 32.9 Å². The summed E-state index contributed by atoms with van der Waals surface area (Å²) >= 11 is 0. The molecule has 1 heterocycles. The highest BCUT2D eigenvalue weighted by Gasteiger charge is 2.25. The van der Waals surface area contributed by atoms with Gasteiger partial charge in [0.2, 0.25) is 5.91 Å². The van der Waals surface area contributed by atoms with Crippen LogP contribution in [-0.4, -0.2) is 32.6 Å². The van der Waals surface area contributed by atoms with Gasteiger partial charge in [0.15, 0.2) is 0 Å². The summed E-state index contributed by atoms with van der Waals surface area (Å²) in [5.41, 5.74) is -0.934. The van der Waals surface area contributed by atoms with Gasteiger partial charge in [-0.25, -0.2) is 9.59 Å². The second-order valence-corrected chi connectivity index (χ2v) is 5.64. The summed E-state index contributed by atoms with van der Waals surface area (Å²) in [7, 11) is 0. The van der Waals surface area contributed by atoms with E-state index in [9.17, 15) is 24.3 Å². The average Bonchev–Trinajstić information content (AvgIpc) is 2.55. The number of nitrogens with zero attached hydrogens (tertiary/aromatic N) is 1. The van der Waals surface area contributed by atoms with E-state index in [-0.39, 0.29) is 11.3 Å². The molecule has 128 valence electrons. The molecule has 1 aromatic heterocycles. The van der Waals surface area contributed by atoms with Crippen molar-refractivity contribution >= 4 is 22.8 Å². The van der Waals surface area contributed by atoms with E-state index in [0.29, 0.717) is 11.9 Å². The Bertz CT molecular complexity index is 883. The van der Waals surface area contributed by atoms with Gasteiger partial charge in [0.1, 0.15) is 12.6 Å². The maximum atomic E-state index is 12.3. The molecule has 2 unspecified atom stereocenters. The van der Waals surface area contributed by atoms with Crippen molar-refractivity contribution in [1.29, 1.82) is 0 Å². The van der Waals surface area contributed by atoms with Crippen LogP contribution >= 0.6 is 0 Å². The molecule has 0 bridgehead atoms. The summed E-state index contributed by atoms with van der Waals surface area (Å²) in [5.74, 6) is -2.14. The van der Waals surface area contributed by atoms with E-state index in [2.05, 4.69) is 10.3 Å². The molecule has 2 atom stereocenters. The summed E-state index contributed by atoms with van der Waals surface area (Å²) in [6, 6.07) is 5.39. The molecule has 0 spiro atoms. The zero-order chi connectivity index (χ0) is 17.9. The van der Waals surface area contributed by atoms with Crippen LogP contribution in [0.25, 0.3) is 10.9 Å². The molecule has 0 radical (unpaired) electrons. The Morgan fingerprint density at radius 2 is 1.96 bits per heavy atom. The number of hydrogen-bond donors (Lipinski definition) is 3. The summed E-state index contributed by atoms with van der Waals surface area (Å²) < 4.78 is 0.757. The number of benzene rings is 1. The third-order valence-corrected chi connectivity index (χ3v) is 3.99. The lowest BCUT2D eigenvalue weighted by Gasteiger charge is -2.20. The predicted molar refractivity (Wildman–Crippen MR) is 87.9 cm³/mol. The number of nitrogens with one attached hydrogen (secondary N) is 2. The molecule has 2 aromatic rings. The largest absolute Gasteiger partial charge is 0.480 e. The lowest BCUT2D eigenvalue weighted by molar-refractivity contribution is -0.143. The molecule has 1 amide bonds. The summed E-state index contributed by atoms with van der Waals surface area (Å²) in [4.78, 5) is 50.2. The summed E-state index contributed by atoms with van der Waals surface area (Å²) in [6.07, 6.45) is 0.563. The van der Waals surface area contributed by atoms with Gasteiger partial charge >= 0.3 is 11.7 Å². The van der Waals surface area contributed by atoms with Crippen LogP contribution in [0, 0.1) is 5.92 Å². The first-order valence-electron chi connectivity index (χ1n) is 7.59.